The Morgan fingerprint density at radius 2 is 1.22 bits per heavy atom. The third-order valence-electron chi connectivity index (χ3n) is 3.02. The first-order valence-electron chi connectivity index (χ1n) is 6.33. The smallest absolute Gasteiger partial charge is 0.253 e. The molecule has 2 N–H and O–H groups in total. The van der Waals surface area contributed by atoms with Crippen LogP contribution in [0.3, 0.4) is 0 Å². The molecule has 0 aliphatic carbocycles. The van der Waals surface area contributed by atoms with Crippen LogP contribution in [0, 0.1) is 10.8 Å². The van der Waals surface area contributed by atoms with E-state index in [-0.39, 0.29) is 11.1 Å². The Kier molecular flexibility index (Phi) is 5.26. The number of carbonyl (C=O) groups is 2. The molecule has 2 rings (SSSR count). The number of rotatable bonds is 6. The highest BCUT2D eigenvalue weighted by Crippen LogP contribution is 2.26. The van der Waals surface area contributed by atoms with Gasteiger partial charge in [0.2, 0.25) is 0 Å². The molecule has 0 atom stereocenters. The molecule has 2 aromatic carbocycles. The Balaban J connectivity index is 2.36. The summed E-state index contributed by atoms with van der Waals surface area (Å²) in [6.07, 6.45) is 2.00. The summed E-state index contributed by atoms with van der Waals surface area (Å²) in [5.41, 5.74) is 1.05. The van der Waals surface area contributed by atoms with Crippen LogP contribution < -0.4 is 4.74 Å². The first-order valence-corrected chi connectivity index (χ1v) is 7.08. The van der Waals surface area contributed by atoms with Crippen LogP contribution in [0.1, 0.15) is 31.8 Å². The van der Waals surface area contributed by atoms with Crippen molar-refractivity contribution in [3.05, 3.63) is 58.7 Å². The molecule has 7 heteroatoms. The van der Waals surface area contributed by atoms with Gasteiger partial charge >= 0.3 is 0 Å². The second-order valence-electron chi connectivity index (χ2n) is 4.44. The van der Waals surface area contributed by atoms with Gasteiger partial charge in [0.05, 0.1) is 0 Å². The van der Waals surface area contributed by atoms with Gasteiger partial charge in [-0.25, -0.2) is 0 Å². The van der Waals surface area contributed by atoms with E-state index in [1.807, 2.05) is 0 Å². The zero-order valence-electron chi connectivity index (χ0n) is 11.6. The molecule has 0 aromatic heterocycles. The van der Waals surface area contributed by atoms with Gasteiger partial charge in [-0.05, 0) is 59.6 Å². The predicted octanol–water partition coefficient (Wildman–Crippen LogP) is 4.23. The maximum Gasteiger partial charge on any atom is 0.253 e. The fourth-order valence-corrected chi connectivity index (χ4v) is 2.29. The lowest BCUT2D eigenvalue weighted by Gasteiger charge is -2.10. The topological polar surface area (TPSA) is 91.1 Å². The number of benzene rings is 2. The summed E-state index contributed by atoms with van der Waals surface area (Å²) in [6, 6.07) is 8.97. The van der Waals surface area contributed by atoms with E-state index < -0.39 is 10.5 Å². The maximum atomic E-state index is 11.2. The zero-order valence-corrected chi connectivity index (χ0v) is 13.1. The van der Waals surface area contributed by atoms with Crippen LogP contribution in [0.4, 0.5) is 0 Å². The highest BCUT2D eigenvalue weighted by molar-refractivity contribution is 6.68. The average Bonchev–Trinajstić information content (AvgIpc) is 2.54. The third-order valence-corrected chi connectivity index (χ3v) is 3.42. The summed E-state index contributed by atoms with van der Waals surface area (Å²) in [6.45, 7) is 0. The zero-order chi connectivity index (χ0) is 17.0. The Morgan fingerprint density at radius 1 is 0.826 bits per heavy atom. The second kappa shape index (κ2) is 7.17. The van der Waals surface area contributed by atoms with Crippen molar-refractivity contribution in [1.82, 2.24) is 0 Å². The molecule has 23 heavy (non-hydrogen) atoms. The molecule has 0 radical (unpaired) electrons. The van der Waals surface area contributed by atoms with Gasteiger partial charge in [-0.3, -0.25) is 9.59 Å². The van der Waals surface area contributed by atoms with Crippen LogP contribution in [-0.2, 0) is 0 Å². The van der Waals surface area contributed by atoms with Crippen molar-refractivity contribution < 1.29 is 14.3 Å². The molecular weight excluding hydrogens is 339 g/mol. The minimum atomic E-state index is -0.661. The standard InChI is InChI=1S/C16H10Cl2N2O3/c17-15(21)13-3-1-11(5-9(13)7-19)23-12-2-4-14(16(18)22)10(6-12)8-20/h1-8,19-20H. The van der Waals surface area contributed by atoms with Gasteiger partial charge in [-0.1, -0.05) is 0 Å². The van der Waals surface area contributed by atoms with Gasteiger partial charge in [0.25, 0.3) is 10.5 Å². The fraction of sp³-hybridized carbons (Fsp3) is 0. The van der Waals surface area contributed by atoms with Crippen molar-refractivity contribution in [3.63, 3.8) is 0 Å². The summed E-state index contributed by atoms with van der Waals surface area (Å²) in [5, 5.41) is 13.3. The van der Waals surface area contributed by atoms with Gasteiger partial charge in [0.1, 0.15) is 11.5 Å². The van der Waals surface area contributed by atoms with Crippen molar-refractivity contribution >= 4 is 46.1 Å². The van der Waals surface area contributed by atoms with Crippen LogP contribution >= 0.6 is 23.2 Å². The van der Waals surface area contributed by atoms with Gasteiger partial charge in [-0.2, -0.15) is 0 Å². The predicted molar refractivity (Wildman–Crippen MR) is 89.1 cm³/mol. The SMILES string of the molecule is N=Cc1cc(Oc2ccc(C(=O)Cl)c(C=N)c2)ccc1C(=O)Cl. The van der Waals surface area contributed by atoms with E-state index in [0.29, 0.717) is 22.6 Å². The molecule has 5 nitrogen and oxygen atoms in total. The first-order chi connectivity index (χ1) is 11.0. The molecule has 0 fully saturated rings. The first kappa shape index (κ1) is 16.9. The number of hydrogen-bond donors (Lipinski definition) is 2. The van der Waals surface area contributed by atoms with E-state index in [9.17, 15) is 9.59 Å². The number of hydrogen-bond acceptors (Lipinski definition) is 5. The normalized spacial score (nSPS) is 10.0. The largest absolute Gasteiger partial charge is 0.457 e. The van der Waals surface area contributed by atoms with Crippen molar-refractivity contribution in [2.45, 2.75) is 0 Å². The molecule has 0 heterocycles. The van der Waals surface area contributed by atoms with Crippen LogP contribution in [0.25, 0.3) is 0 Å². The summed E-state index contributed by atoms with van der Waals surface area (Å²) in [7, 11) is 0. The Morgan fingerprint density at radius 3 is 1.52 bits per heavy atom. The second-order valence-corrected chi connectivity index (χ2v) is 5.12. The third kappa shape index (κ3) is 3.83. The lowest BCUT2D eigenvalue weighted by molar-refractivity contribution is 0.107. The van der Waals surface area contributed by atoms with Crippen LogP contribution in [-0.4, -0.2) is 22.9 Å². The maximum absolute atomic E-state index is 11.2. The molecular formula is C16H10Cl2N2O3. The quantitative estimate of drug-likeness (QED) is 0.604. The highest BCUT2D eigenvalue weighted by Gasteiger charge is 2.11. The van der Waals surface area contributed by atoms with Gasteiger partial charge < -0.3 is 15.6 Å². The summed E-state index contributed by atoms with van der Waals surface area (Å²) in [5.74, 6) is 0.761. The number of ether oxygens (including phenoxy) is 1. The monoisotopic (exact) mass is 348 g/mol. The summed E-state index contributed by atoms with van der Waals surface area (Å²) in [4.78, 5) is 22.5. The average molecular weight is 349 g/mol. The van der Waals surface area contributed by atoms with Crippen LogP contribution in [0.15, 0.2) is 36.4 Å². The van der Waals surface area contributed by atoms with Crippen molar-refractivity contribution in [1.29, 1.82) is 10.8 Å². The molecule has 116 valence electrons. The molecule has 0 aliphatic rings. The molecule has 0 saturated carbocycles. The molecule has 0 aliphatic heterocycles. The number of nitrogens with one attached hydrogen (secondary N) is 2. The molecule has 0 unspecified atom stereocenters. The van der Waals surface area contributed by atoms with Gasteiger partial charge in [-0.15, -0.1) is 0 Å². The Hall–Kier alpha value is -2.50. The molecule has 0 bridgehead atoms. The number of halogens is 2. The van der Waals surface area contributed by atoms with Crippen molar-refractivity contribution in [2.24, 2.45) is 0 Å². The van der Waals surface area contributed by atoms with Crippen molar-refractivity contribution in [3.8, 4) is 11.5 Å². The van der Waals surface area contributed by atoms with E-state index in [2.05, 4.69) is 0 Å². The van der Waals surface area contributed by atoms with Gasteiger partial charge in [0, 0.05) is 34.7 Å². The minimum absolute atomic E-state index is 0.206. The lowest BCUT2D eigenvalue weighted by Crippen LogP contribution is -1.99. The van der Waals surface area contributed by atoms with E-state index in [4.69, 9.17) is 38.8 Å². The minimum Gasteiger partial charge on any atom is -0.457 e. The Labute approximate surface area is 141 Å². The van der Waals surface area contributed by atoms with E-state index >= 15 is 0 Å². The molecule has 2 aromatic rings. The summed E-state index contributed by atoms with van der Waals surface area (Å²) < 4.78 is 5.62. The van der Waals surface area contributed by atoms with E-state index in [0.717, 1.165) is 12.4 Å². The Bertz CT molecular complexity index is 751. The molecule has 0 amide bonds. The van der Waals surface area contributed by atoms with E-state index in [1.165, 1.54) is 36.4 Å². The molecule has 0 saturated heterocycles. The molecule has 0 spiro atoms. The van der Waals surface area contributed by atoms with Crippen LogP contribution in [0.5, 0.6) is 11.5 Å². The van der Waals surface area contributed by atoms with Gasteiger partial charge in [0.15, 0.2) is 0 Å². The van der Waals surface area contributed by atoms with Crippen LogP contribution in [0.2, 0.25) is 0 Å². The fourth-order valence-electron chi connectivity index (χ4n) is 1.94. The summed E-state index contributed by atoms with van der Waals surface area (Å²) >= 11 is 10.9. The van der Waals surface area contributed by atoms with Crippen molar-refractivity contribution in [2.75, 3.05) is 0 Å². The lowest BCUT2D eigenvalue weighted by atomic mass is 10.1. The number of carbonyl (C=O) groups excluding carboxylic acids is 2. The highest BCUT2D eigenvalue weighted by atomic mass is 35.5. The van der Waals surface area contributed by atoms with E-state index in [1.54, 1.807) is 0 Å².